The molecule has 3 aromatic heterocycles. The van der Waals surface area contributed by atoms with Crippen molar-refractivity contribution in [1.82, 2.24) is 19.6 Å². The second-order valence-electron chi connectivity index (χ2n) is 4.37. The summed E-state index contributed by atoms with van der Waals surface area (Å²) in [4.78, 5) is 7.44. The predicted octanol–water partition coefficient (Wildman–Crippen LogP) is 2.30. The van der Waals surface area contributed by atoms with Crippen molar-refractivity contribution in [2.45, 2.75) is 12.8 Å². The predicted molar refractivity (Wildman–Crippen MR) is 67.1 cm³/mol. The van der Waals surface area contributed by atoms with Crippen molar-refractivity contribution >= 4 is 5.65 Å². The first kappa shape index (κ1) is 13.5. The number of nitrogens with zero attached hydrogens (tertiary/aromatic N) is 4. The van der Waals surface area contributed by atoms with E-state index in [9.17, 15) is 13.2 Å². The first-order chi connectivity index (χ1) is 9.99. The lowest BCUT2D eigenvalue weighted by molar-refractivity contribution is -0.141. The number of hydrogen-bond donors (Lipinski definition) is 1. The molecule has 0 atom stereocenters. The lowest BCUT2D eigenvalue weighted by Crippen LogP contribution is -2.07. The van der Waals surface area contributed by atoms with Crippen LogP contribution >= 0.6 is 0 Å². The number of fused-ring (bicyclic) bond motifs is 1. The average Bonchev–Trinajstić information content (AvgIpc) is 2.89. The summed E-state index contributed by atoms with van der Waals surface area (Å²) in [6, 6.07) is 2.42. The maximum absolute atomic E-state index is 12.7. The Kier molecular flexibility index (Phi) is 3.09. The smallest absolute Gasteiger partial charge is 0.392 e. The molecule has 0 aromatic carbocycles. The molecule has 0 aliphatic rings. The van der Waals surface area contributed by atoms with Crippen LogP contribution in [-0.2, 0) is 12.8 Å². The fraction of sp³-hybridized carbons (Fsp3) is 0.154. The third-order valence-electron chi connectivity index (χ3n) is 2.95. The number of pyridine rings is 1. The summed E-state index contributed by atoms with van der Waals surface area (Å²) in [6.07, 6.45) is 1.04. The number of hydrogen-bond acceptors (Lipinski definition) is 4. The van der Waals surface area contributed by atoms with E-state index in [1.165, 1.54) is 23.0 Å². The quantitative estimate of drug-likeness (QED) is 0.787. The van der Waals surface area contributed by atoms with Gasteiger partial charge in [0.25, 0.3) is 0 Å². The summed E-state index contributed by atoms with van der Waals surface area (Å²) < 4.78 is 39.5. The number of aromatic nitrogens is 4. The lowest BCUT2D eigenvalue weighted by Gasteiger charge is -2.06. The maximum atomic E-state index is 12.7. The van der Waals surface area contributed by atoms with Crippen LogP contribution in [0.25, 0.3) is 16.8 Å². The Morgan fingerprint density at radius 3 is 2.71 bits per heavy atom. The SMILES string of the molecule is OCc1cnc2c(-c3ccnc(C(F)(F)F)c3)cnn2c1. The van der Waals surface area contributed by atoms with Crippen molar-refractivity contribution < 1.29 is 18.3 Å². The highest BCUT2D eigenvalue weighted by molar-refractivity contribution is 5.76. The van der Waals surface area contributed by atoms with Gasteiger partial charge in [-0.05, 0) is 17.7 Å². The first-order valence-corrected chi connectivity index (χ1v) is 5.96. The fourth-order valence-corrected chi connectivity index (χ4v) is 1.95. The van der Waals surface area contributed by atoms with E-state index in [0.29, 0.717) is 22.3 Å². The molecule has 1 N–H and O–H groups in total. The van der Waals surface area contributed by atoms with Crippen LogP contribution in [0, 0.1) is 0 Å². The van der Waals surface area contributed by atoms with Gasteiger partial charge >= 0.3 is 6.18 Å². The monoisotopic (exact) mass is 294 g/mol. The third-order valence-corrected chi connectivity index (χ3v) is 2.95. The van der Waals surface area contributed by atoms with Gasteiger partial charge in [0.2, 0.25) is 0 Å². The van der Waals surface area contributed by atoms with Crippen LogP contribution in [0.1, 0.15) is 11.3 Å². The molecule has 3 heterocycles. The molecule has 21 heavy (non-hydrogen) atoms. The molecule has 0 bridgehead atoms. The molecule has 108 valence electrons. The number of alkyl halides is 3. The zero-order valence-corrected chi connectivity index (χ0v) is 10.5. The summed E-state index contributed by atoms with van der Waals surface area (Å²) in [5, 5.41) is 13.1. The molecule has 0 amide bonds. The number of aliphatic hydroxyl groups is 1. The van der Waals surface area contributed by atoms with Crippen LogP contribution in [-0.4, -0.2) is 24.7 Å². The van der Waals surface area contributed by atoms with Gasteiger partial charge in [-0.1, -0.05) is 0 Å². The Bertz CT molecular complexity index is 797. The van der Waals surface area contributed by atoms with Crippen LogP contribution in [0.15, 0.2) is 36.9 Å². The Morgan fingerprint density at radius 2 is 2.00 bits per heavy atom. The zero-order chi connectivity index (χ0) is 15.0. The minimum atomic E-state index is -4.50. The molecule has 0 aliphatic heterocycles. The molecule has 0 saturated carbocycles. The zero-order valence-electron chi connectivity index (χ0n) is 10.5. The van der Waals surface area contributed by atoms with E-state index in [1.54, 1.807) is 6.20 Å². The lowest BCUT2D eigenvalue weighted by atomic mass is 10.1. The molecular weight excluding hydrogens is 285 g/mol. The van der Waals surface area contributed by atoms with Gasteiger partial charge in [-0.15, -0.1) is 0 Å². The van der Waals surface area contributed by atoms with Crippen molar-refractivity contribution in [3.8, 4) is 11.1 Å². The second kappa shape index (κ2) is 4.81. The molecule has 0 radical (unpaired) electrons. The summed E-state index contributed by atoms with van der Waals surface area (Å²) >= 11 is 0. The number of halogens is 3. The topological polar surface area (TPSA) is 63.3 Å². The van der Waals surface area contributed by atoms with E-state index in [-0.39, 0.29) is 6.61 Å². The van der Waals surface area contributed by atoms with Gasteiger partial charge in [-0.3, -0.25) is 4.98 Å². The van der Waals surface area contributed by atoms with E-state index >= 15 is 0 Å². The minimum absolute atomic E-state index is 0.189. The summed E-state index contributed by atoms with van der Waals surface area (Å²) in [5.74, 6) is 0. The molecule has 3 aromatic rings. The largest absolute Gasteiger partial charge is 0.433 e. The molecule has 5 nitrogen and oxygen atoms in total. The van der Waals surface area contributed by atoms with Gasteiger partial charge in [0.15, 0.2) is 5.65 Å². The molecule has 3 rings (SSSR count). The molecule has 0 spiro atoms. The fourth-order valence-electron chi connectivity index (χ4n) is 1.95. The van der Waals surface area contributed by atoms with Gasteiger partial charge in [0.05, 0.1) is 12.8 Å². The Balaban J connectivity index is 2.13. The van der Waals surface area contributed by atoms with Crippen molar-refractivity contribution in [3.63, 3.8) is 0 Å². The van der Waals surface area contributed by atoms with Crippen LogP contribution in [0.5, 0.6) is 0 Å². The first-order valence-electron chi connectivity index (χ1n) is 5.96. The normalized spacial score (nSPS) is 12.0. The Morgan fingerprint density at radius 1 is 1.19 bits per heavy atom. The standard InChI is InChI=1S/C13H9F3N4O/c14-13(15,16)11-3-9(1-2-17-11)10-5-19-20-6-8(7-21)4-18-12(10)20/h1-6,21H,7H2. The van der Waals surface area contributed by atoms with Crippen LogP contribution in [0.3, 0.4) is 0 Å². The highest BCUT2D eigenvalue weighted by Gasteiger charge is 2.32. The van der Waals surface area contributed by atoms with E-state index in [0.717, 1.165) is 12.3 Å². The molecule has 8 heteroatoms. The Hall–Kier alpha value is -2.48. The maximum Gasteiger partial charge on any atom is 0.433 e. The van der Waals surface area contributed by atoms with Gasteiger partial charge in [-0.25, -0.2) is 9.50 Å². The van der Waals surface area contributed by atoms with E-state index in [4.69, 9.17) is 5.11 Å². The van der Waals surface area contributed by atoms with E-state index in [2.05, 4.69) is 15.1 Å². The minimum Gasteiger partial charge on any atom is -0.392 e. The Labute approximate surface area is 116 Å². The number of aliphatic hydroxyl groups excluding tert-OH is 1. The van der Waals surface area contributed by atoms with Gasteiger partial charge < -0.3 is 5.11 Å². The van der Waals surface area contributed by atoms with Crippen molar-refractivity contribution in [2.75, 3.05) is 0 Å². The van der Waals surface area contributed by atoms with Crippen molar-refractivity contribution in [1.29, 1.82) is 0 Å². The van der Waals surface area contributed by atoms with Crippen LogP contribution in [0.4, 0.5) is 13.2 Å². The van der Waals surface area contributed by atoms with Crippen molar-refractivity contribution in [3.05, 3.63) is 48.2 Å². The van der Waals surface area contributed by atoms with Crippen molar-refractivity contribution in [2.24, 2.45) is 0 Å². The number of rotatable bonds is 2. The third kappa shape index (κ3) is 2.45. The van der Waals surface area contributed by atoms with E-state index < -0.39 is 11.9 Å². The van der Waals surface area contributed by atoms with E-state index in [1.807, 2.05) is 0 Å². The van der Waals surface area contributed by atoms with Gasteiger partial charge in [0, 0.05) is 29.7 Å². The van der Waals surface area contributed by atoms with Gasteiger partial charge in [-0.2, -0.15) is 18.3 Å². The average molecular weight is 294 g/mol. The molecular formula is C13H9F3N4O. The summed E-state index contributed by atoms with van der Waals surface area (Å²) in [7, 11) is 0. The van der Waals surface area contributed by atoms with Crippen LogP contribution in [0.2, 0.25) is 0 Å². The highest BCUT2D eigenvalue weighted by Crippen LogP contribution is 2.31. The second-order valence-corrected chi connectivity index (χ2v) is 4.37. The molecule has 0 aliphatic carbocycles. The summed E-state index contributed by atoms with van der Waals surface area (Å²) in [6.45, 7) is -0.189. The highest BCUT2D eigenvalue weighted by atomic mass is 19.4. The van der Waals surface area contributed by atoms with Crippen LogP contribution < -0.4 is 0 Å². The molecule has 0 fully saturated rings. The molecule has 0 unspecified atom stereocenters. The van der Waals surface area contributed by atoms with Gasteiger partial charge in [0.1, 0.15) is 5.69 Å². The summed E-state index contributed by atoms with van der Waals surface area (Å²) in [5.41, 5.74) is 0.796. The molecule has 0 saturated heterocycles.